The summed E-state index contributed by atoms with van der Waals surface area (Å²) in [5.74, 6) is 1.07. The first-order valence-electron chi connectivity index (χ1n) is 7.78. The van der Waals surface area contributed by atoms with E-state index < -0.39 is 0 Å². The van der Waals surface area contributed by atoms with Crippen LogP contribution in [-0.2, 0) is 12.8 Å². The van der Waals surface area contributed by atoms with Gasteiger partial charge in [-0.25, -0.2) is 0 Å². The molecule has 22 heavy (non-hydrogen) atoms. The maximum atomic E-state index is 5.89. The Morgan fingerprint density at radius 1 is 0.773 bits per heavy atom. The lowest BCUT2D eigenvalue weighted by Gasteiger charge is -2.12. The fourth-order valence-electron chi connectivity index (χ4n) is 3.14. The van der Waals surface area contributed by atoms with Crippen LogP contribution in [-0.4, -0.2) is 6.61 Å². The molecule has 0 saturated carbocycles. The lowest BCUT2D eigenvalue weighted by molar-refractivity contribution is 0.358. The van der Waals surface area contributed by atoms with E-state index in [1.165, 1.54) is 27.8 Å². The van der Waals surface area contributed by atoms with Gasteiger partial charge in [-0.3, -0.25) is 0 Å². The van der Waals surface area contributed by atoms with Crippen LogP contribution in [0.15, 0.2) is 72.8 Å². The summed E-state index contributed by atoms with van der Waals surface area (Å²) >= 11 is 0. The summed E-state index contributed by atoms with van der Waals surface area (Å²) in [4.78, 5) is 0. The quantitative estimate of drug-likeness (QED) is 0.667. The van der Waals surface area contributed by atoms with Gasteiger partial charge >= 0.3 is 0 Å². The lowest BCUT2D eigenvalue weighted by atomic mass is 9.95. The van der Waals surface area contributed by atoms with Crippen molar-refractivity contribution < 1.29 is 4.74 Å². The highest BCUT2D eigenvalue weighted by Crippen LogP contribution is 2.38. The van der Waals surface area contributed by atoms with Crippen molar-refractivity contribution in [3.8, 4) is 16.9 Å². The zero-order valence-corrected chi connectivity index (χ0v) is 12.5. The van der Waals surface area contributed by atoms with Crippen LogP contribution in [0.1, 0.15) is 16.7 Å². The highest BCUT2D eigenvalue weighted by Gasteiger charge is 2.18. The Morgan fingerprint density at radius 3 is 2.27 bits per heavy atom. The van der Waals surface area contributed by atoms with Crippen molar-refractivity contribution >= 4 is 0 Å². The van der Waals surface area contributed by atoms with Gasteiger partial charge in [-0.1, -0.05) is 66.7 Å². The highest BCUT2D eigenvalue weighted by atomic mass is 16.5. The topological polar surface area (TPSA) is 9.23 Å². The molecule has 1 heterocycles. The van der Waals surface area contributed by atoms with Gasteiger partial charge in [-0.2, -0.15) is 0 Å². The molecule has 1 nitrogen and oxygen atoms in total. The molecule has 3 aromatic carbocycles. The second-order valence-corrected chi connectivity index (χ2v) is 5.76. The van der Waals surface area contributed by atoms with Crippen LogP contribution in [0, 0.1) is 0 Å². The molecule has 0 bridgehead atoms. The number of fused-ring (bicyclic) bond motifs is 1. The van der Waals surface area contributed by atoms with E-state index >= 15 is 0 Å². The molecule has 0 saturated heterocycles. The van der Waals surface area contributed by atoms with E-state index in [1.54, 1.807) is 0 Å². The van der Waals surface area contributed by atoms with E-state index in [-0.39, 0.29) is 0 Å². The summed E-state index contributed by atoms with van der Waals surface area (Å²) in [6, 6.07) is 25.8. The van der Waals surface area contributed by atoms with Gasteiger partial charge in [-0.15, -0.1) is 0 Å². The third-order valence-corrected chi connectivity index (χ3v) is 4.18. The van der Waals surface area contributed by atoms with Crippen LogP contribution in [0.3, 0.4) is 0 Å². The van der Waals surface area contributed by atoms with Crippen molar-refractivity contribution in [3.05, 3.63) is 89.5 Å². The molecule has 1 aliphatic rings. The van der Waals surface area contributed by atoms with Gasteiger partial charge in [0.2, 0.25) is 0 Å². The molecular formula is C21H18O. The third-order valence-electron chi connectivity index (χ3n) is 4.18. The standard InChI is InChI=1S/C21H18O/c1-3-7-16(8-4-1)13-17-14-19-11-12-22-21(19)20(15-17)18-9-5-2-6-10-18/h1-10,14-15H,11-13H2. The highest BCUT2D eigenvalue weighted by molar-refractivity contribution is 5.74. The number of ether oxygens (including phenoxy) is 1. The maximum Gasteiger partial charge on any atom is 0.130 e. The van der Waals surface area contributed by atoms with Crippen LogP contribution < -0.4 is 4.74 Å². The van der Waals surface area contributed by atoms with Crippen molar-refractivity contribution in [2.24, 2.45) is 0 Å². The minimum atomic E-state index is 0.796. The molecule has 0 fully saturated rings. The van der Waals surface area contributed by atoms with Crippen LogP contribution in [0.4, 0.5) is 0 Å². The minimum absolute atomic E-state index is 0.796. The van der Waals surface area contributed by atoms with Crippen molar-refractivity contribution in [1.29, 1.82) is 0 Å². The fraction of sp³-hybridized carbons (Fsp3) is 0.143. The van der Waals surface area contributed by atoms with Crippen molar-refractivity contribution in [2.45, 2.75) is 12.8 Å². The Kier molecular flexibility index (Phi) is 3.40. The van der Waals surface area contributed by atoms with Crippen molar-refractivity contribution in [2.75, 3.05) is 6.61 Å². The molecule has 0 amide bonds. The Morgan fingerprint density at radius 2 is 1.50 bits per heavy atom. The summed E-state index contributed by atoms with van der Waals surface area (Å²) in [5, 5.41) is 0. The van der Waals surface area contributed by atoms with E-state index in [1.807, 2.05) is 0 Å². The second kappa shape index (κ2) is 5.69. The molecule has 3 aromatic rings. The molecule has 1 aliphatic heterocycles. The Labute approximate surface area is 131 Å². The van der Waals surface area contributed by atoms with Crippen LogP contribution >= 0.6 is 0 Å². The van der Waals surface area contributed by atoms with Gasteiger partial charge in [-0.05, 0) is 34.7 Å². The summed E-state index contributed by atoms with van der Waals surface area (Å²) in [6.07, 6.45) is 1.98. The van der Waals surface area contributed by atoms with Gasteiger partial charge in [0.05, 0.1) is 6.61 Å². The second-order valence-electron chi connectivity index (χ2n) is 5.76. The number of hydrogen-bond acceptors (Lipinski definition) is 1. The van der Waals surface area contributed by atoms with E-state index in [9.17, 15) is 0 Å². The van der Waals surface area contributed by atoms with E-state index in [4.69, 9.17) is 4.74 Å². The molecule has 0 N–H and O–H groups in total. The largest absolute Gasteiger partial charge is 0.492 e. The fourth-order valence-corrected chi connectivity index (χ4v) is 3.14. The first-order chi connectivity index (χ1) is 10.9. The van der Waals surface area contributed by atoms with Crippen molar-refractivity contribution in [1.82, 2.24) is 0 Å². The number of benzene rings is 3. The molecular weight excluding hydrogens is 268 g/mol. The maximum absolute atomic E-state index is 5.89. The van der Waals surface area contributed by atoms with Crippen LogP contribution in [0.2, 0.25) is 0 Å². The summed E-state index contributed by atoms with van der Waals surface area (Å²) < 4.78 is 5.89. The van der Waals surface area contributed by atoms with Crippen LogP contribution in [0.25, 0.3) is 11.1 Å². The molecule has 0 atom stereocenters. The Balaban J connectivity index is 1.78. The molecule has 0 radical (unpaired) electrons. The first kappa shape index (κ1) is 13.1. The summed E-state index contributed by atoms with van der Waals surface area (Å²) in [6.45, 7) is 0.796. The SMILES string of the molecule is c1ccc(Cc2cc3c(c(-c4ccccc4)c2)OCC3)cc1. The average molecular weight is 286 g/mol. The Hall–Kier alpha value is -2.54. The van der Waals surface area contributed by atoms with Crippen molar-refractivity contribution in [3.63, 3.8) is 0 Å². The van der Waals surface area contributed by atoms with Gasteiger partial charge in [0, 0.05) is 12.0 Å². The lowest BCUT2D eigenvalue weighted by Crippen LogP contribution is -1.92. The van der Waals surface area contributed by atoms with Crippen LogP contribution in [0.5, 0.6) is 5.75 Å². The molecule has 1 heteroatoms. The molecule has 0 spiro atoms. The van der Waals surface area contributed by atoms with E-state index in [2.05, 4.69) is 72.8 Å². The molecule has 0 aliphatic carbocycles. The number of hydrogen-bond donors (Lipinski definition) is 0. The molecule has 108 valence electrons. The van der Waals surface area contributed by atoms with Gasteiger partial charge < -0.3 is 4.74 Å². The average Bonchev–Trinajstić information content (AvgIpc) is 3.04. The predicted octanol–water partition coefficient (Wildman–Crippen LogP) is 4.88. The van der Waals surface area contributed by atoms with Gasteiger partial charge in [0.15, 0.2) is 0 Å². The molecule has 0 aromatic heterocycles. The summed E-state index contributed by atoms with van der Waals surface area (Å²) in [5.41, 5.74) is 6.50. The Bertz CT molecular complexity index is 776. The molecule has 0 unspecified atom stereocenters. The van der Waals surface area contributed by atoms with E-state index in [0.717, 1.165) is 25.2 Å². The summed E-state index contributed by atoms with van der Waals surface area (Å²) in [7, 11) is 0. The predicted molar refractivity (Wildman–Crippen MR) is 90.3 cm³/mol. The van der Waals surface area contributed by atoms with E-state index in [0.29, 0.717) is 0 Å². The zero-order valence-electron chi connectivity index (χ0n) is 12.5. The third kappa shape index (κ3) is 2.50. The number of rotatable bonds is 3. The zero-order chi connectivity index (χ0) is 14.8. The van der Waals surface area contributed by atoms with Gasteiger partial charge in [0.25, 0.3) is 0 Å². The smallest absolute Gasteiger partial charge is 0.130 e. The minimum Gasteiger partial charge on any atom is -0.492 e. The normalized spacial score (nSPS) is 12.7. The molecule has 4 rings (SSSR count). The first-order valence-corrected chi connectivity index (χ1v) is 7.78. The monoisotopic (exact) mass is 286 g/mol. The van der Waals surface area contributed by atoms with Gasteiger partial charge in [0.1, 0.15) is 5.75 Å².